The Hall–Kier alpha value is -0.480. The van der Waals surface area contributed by atoms with E-state index in [4.69, 9.17) is 0 Å². The van der Waals surface area contributed by atoms with E-state index in [1.54, 1.807) is 11.3 Å². The highest BCUT2D eigenvalue weighted by molar-refractivity contribution is 7.98. The average molecular weight is 225 g/mol. The maximum absolute atomic E-state index is 11.7. The molecule has 2 nitrogen and oxygen atoms in total. The smallest absolute Gasteiger partial charge is 0.261 e. The zero-order chi connectivity index (χ0) is 9.54. The lowest BCUT2D eigenvalue weighted by Crippen LogP contribution is -2.24. The Morgan fingerprint density at radius 2 is 2.29 bits per heavy atom. The molecule has 1 aromatic heterocycles. The van der Waals surface area contributed by atoms with Gasteiger partial charge in [-0.05, 0) is 24.5 Å². The molecule has 0 aromatic carbocycles. The zero-order valence-electron chi connectivity index (χ0n) is 7.71. The highest BCUT2D eigenvalue weighted by atomic mass is 32.2. The van der Waals surface area contributed by atoms with Gasteiger partial charge in [0.05, 0.1) is 4.88 Å². The van der Waals surface area contributed by atoms with E-state index >= 15 is 0 Å². The first kappa shape index (κ1) is 8.80. The lowest BCUT2D eigenvalue weighted by Gasteiger charge is -1.99. The molecule has 1 aliphatic carbocycles. The molecule has 0 atom stereocenters. The molecule has 0 saturated heterocycles. The predicted octanol–water partition coefficient (Wildman–Crippen LogP) is 2.39. The summed E-state index contributed by atoms with van der Waals surface area (Å²) in [6.45, 7) is 0. The van der Waals surface area contributed by atoms with Gasteiger partial charge in [-0.2, -0.15) is 11.8 Å². The minimum absolute atomic E-state index is 0.136. The number of fused-ring (bicyclic) bond motifs is 1. The van der Waals surface area contributed by atoms with Gasteiger partial charge in [-0.3, -0.25) is 4.79 Å². The number of hydrogen-bond donors (Lipinski definition) is 1. The second-order valence-corrected chi connectivity index (χ2v) is 5.92. The van der Waals surface area contributed by atoms with Gasteiger partial charge in [0.15, 0.2) is 0 Å². The van der Waals surface area contributed by atoms with Crippen LogP contribution >= 0.6 is 23.1 Å². The maximum Gasteiger partial charge on any atom is 0.261 e. The summed E-state index contributed by atoms with van der Waals surface area (Å²) >= 11 is 3.60. The Balaban J connectivity index is 1.78. The molecule has 1 aliphatic heterocycles. The van der Waals surface area contributed by atoms with Gasteiger partial charge in [0.2, 0.25) is 0 Å². The monoisotopic (exact) mass is 225 g/mol. The van der Waals surface area contributed by atoms with Crippen molar-refractivity contribution in [2.24, 2.45) is 0 Å². The van der Waals surface area contributed by atoms with E-state index in [2.05, 4.69) is 11.4 Å². The van der Waals surface area contributed by atoms with Crippen LogP contribution in [0.5, 0.6) is 0 Å². The van der Waals surface area contributed by atoms with Crippen LogP contribution < -0.4 is 5.32 Å². The van der Waals surface area contributed by atoms with Gasteiger partial charge in [0.25, 0.3) is 5.91 Å². The molecule has 1 amide bonds. The fraction of sp³-hybridized carbons (Fsp3) is 0.500. The molecule has 0 bridgehead atoms. The van der Waals surface area contributed by atoms with Gasteiger partial charge in [-0.25, -0.2) is 0 Å². The molecular formula is C10H11NOS2. The molecule has 1 N–H and O–H groups in total. The number of hydrogen-bond acceptors (Lipinski definition) is 3. The summed E-state index contributed by atoms with van der Waals surface area (Å²) in [5.74, 6) is 2.32. The van der Waals surface area contributed by atoms with Crippen LogP contribution in [-0.4, -0.2) is 11.9 Å². The number of nitrogens with one attached hydrogen (secondary N) is 1. The Morgan fingerprint density at radius 1 is 1.43 bits per heavy atom. The van der Waals surface area contributed by atoms with Gasteiger partial charge in [-0.15, -0.1) is 11.3 Å². The molecule has 1 fully saturated rings. The Kier molecular flexibility index (Phi) is 2.06. The maximum atomic E-state index is 11.7. The van der Waals surface area contributed by atoms with E-state index in [1.807, 2.05) is 11.8 Å². The average Bonchev–Trinajstić information content (AvgIpc) is 2.73. The molecule has 14 heavy (non-hydrogen) atoms. The molecule has 0 unspecified atom stereocenters. The minimum atomic E-state index is 0.136. The van der Waals surface area contributed by atoms with Crippen molar-refractivity contribution >= 4 is 29.0 Å². The summed E-state index contributed by atoms with van der Waals surface area (Å²) in [5.41, 5.74) is 1.38. The largest absolute Gasteiger partial charge is 0.349 e. The molecule has 3 rings (SSSR count). The van der Waals surface area contributed by atoms with Crippen molar-refractivity contribution in [2.45, 2.75) is 30.4 Å². The number of thiophene rings is 1. The van der Waals surface area contributed by atoms with Crippen LogP contribution in [0.25, 0.3) is 0 Å². The first-order valence-electron chi connectivity index (χ1n) is 4.83. The lowest BCUT2D eigenvalue weighted by atomic mass is 10.3. The number of carbonyl (C=O) groups excluding carboxylic acids is 1. The van der Waals surface area contributed by atoms with Crippen molar-refractivity contribution in [2.75, 3.05) is 0 Å². The number of amides is 1. The summed E-state index contributed by atoms with van der Waals surface area (Å²) < 4.78 is 0. The Bertz CT molecular complexity index is 360. The van der Waals surface area contributed by atoms with Crippen molar-refractivity contribution < 1.29 is 4.79 Å². The topological polar surface area (TPSA) is 29.1 Å². The standard InChI is InChI=1S/C10H11NOS2/c12-10(11-7-1-2-7)8-3-6-4-13-5-9(6)14-8/h3,7H,1-2,4-5H2,(H,11,12). The van der Waals surface area contributed by atoms with Gasteiger partial charge < -0.3 is 5.32 Å². The van der Waals surface area contributed by atoms with Crippen LogP contribution in [0.4, 0.5) is 0 Å². The predicted molar refractivity (Wildman–Crippen MR) is 59.8 cm³/mol. The van der Waals surface area contributed by atoms with E-state index in [0.717, 1.165) is 29.2 Å². The van der Waals surface area contributed by atoms with Crippen LogP contribution in [0.3, 0.4) is 0 Å². The number of rotatable bonds is 2. The summed E-state index contributed by atoms with van der Waals surface area (Å²) in [6, 6.07) is 2.53. The summed E-state index contributed by atoms with van der Waals surface area (Å²) in [5, 5.41) is 3.02. The van der Waals surface area contributed by atoms with Crippen LogP contribution in [-0.2, 0) is 11.5 Å². The fourth-order valence-electron chi connectivity index (χ4n) is 1.56. The van der Waals surface area contributed by atoms with E-state index in [-0.39, 0.29) is 5.91 Å². The van der Waals surface area contributed by atoms with Crippen molar-refractivity contribution in [1.82, 2.24) is 5.32 Å². The second-order valence-electron chi connectivity index (χ2n) is 3.80. The fourth-order valence-corrected chi connectivity index (χ4v) is 3.97. The highest BCUT2D eigenvalue weighted by Crippen LogP contribution is 2.36. The van der Waals surface area contributed by atoms with Crippen LogP contribution in [0, 0.1) is 0 Å². The molecule has 74 valence electrons. The second kappa shape index (κ2) is 3.28. The quantitative estimate of drug-likeness (QED) is 0.837. The van der Waals surface area contributed by atoms with Gasteiger partial charge in [0.1, 0.15) is 0 Å². The normalized spacial score (nSPS) is 19.4. The summed E-state index contributed by atoms with van der Waals surface area (Å²) in [4.78, 5) is 14.0. The van der Waals surface area contributed by atoms with Crippen LogP contribution in [0.1, 0.15) is 33.0 Å². The third kappa shape index (κ3) is 1.57. The van der Waals surface area contributed by atoms with Crippen molar-refractivity contribution in [3.05, 3.63) is 21.4 Å². The number of thioether (sulfide) groups is 1. The molecule has 4 heteroatoms. The van der Waals surface area contributed by atoms with Crippen LogP contribution in [0.15, 0.2) is 6.07 Å². The molecule has 1 saturated carbocycles. The molecule has 0 spiro atoms. The Morgan fingerprint density at radius 3 is 3.00 bits per heavy atom. The van der Waals surface area contributed by atoms with E-state index in [1.165, 1.54) is 10.4 Å². The third-order valence-electron chi connectivity index (χ3n) is 2.52. The lowest BCUT2D eigenvalue weighted by molar-refractivity contribution is 0.0955. The van der Waals surface area contributed by atoms with E-state index in [0.29, 0.717) is 6.04 Å². The summed E-state index contributed by atoms with van der Waals surface area (Å²) in [7, 11) is 0. The Labute approximate surface area is 91.1 Å². The first-order valence-corrected chi connectivity index (χ1v) is 6.80. The molecule has 1 aromatic rings. The SMILES string of the molecule is O=C(NC1CC1)c1cc2c(s1)CSC2. The van der Waals surface area contributed by atoms with Crippen LogP contribution in [0.2, 0.25) is 0 Å². The molecule has 0 radical (unpaired) electrons. The van der Waals surface area contributed by atoms with E-state index in [9.17, 15) is 4.79 Å². The highest BCUT2D eigenvalue weighted by Gasteiger charge is 2.25. The zero-order valence-corrected chi connectivity index (χ0v) is 9.34. The first-order chi connectivity index (χ1) is 6.83. The molecule has 2 aliphatic rings. The summed E-state index contributed by atoms with van der Waals surface area (Å²) in [6.07, 6.45) is 2.32. The van der Waals surface area contributed by atoms with Crippen molar-refractivity contribution in [3.8, 4) is 0 Å². The van der Waals surface area contributed by atoms with Gasteiger partial charge >= 0.3 is 0 Å². The minimum Gasteiger partial charge on any atom is -0.349 e. The molecular weight excluding hydrogens is 214 g/mol. The van der Waals surface area contributed by atoms with E-state index < -0.39 is 0 Å². The third-order valence-corrected chi connectivity index (χ3v) is 4.89. The number of carbonyl (C=O) groups is 1. The van der Waals surface area contributed by atoms with Gasteiger partial charge in [0, 0.05) is 22.4 Å². The molecule has 2 heterocycles. The van der Waals surface area contributed by atoms with Crippen molar-refractivity contribution in [1.29, 1.82) is 0 Å². The van der Waals surface area contributed by atoms with Gasteiger partial charge in [-0.1, -0.05) is 0 Å². The van der Waals surface area contributed by atoms with Crippen molar-refractivity contribution in [3.63, 3.8) is 0 Å².